The van der Waals surface area contributed by atoms with Crippen LogP contribution in [-0.4, -0.2) is 30.1 Å². The smallest absolute Gasteiger partial charge is 0.248 e. The minimum atomic E-state index is -0.988. The molecule has 0 aliphatic heterocycles. The molecule has 0 saturated carbocycles. The van der Waals surface area contributed by atoms with Gasteiger partial charge in [-0.25, -0.2) is 18.7 Å². The molecule has 0 saturated heterocycles. The number of benzene rings is 2. The Morgan fingerprint density at radius 2 is 1.68 bits per heavy atom. The molecule has 0 bridgehead atoms. The van der Waals surface area contributed by atoms with Gasteiger partial charge in [0, 0.05) is 28.8 Å². The van der Waals surface area contributed by atoms with Gasteiger partial charge in [-0.05, 0) is 6.07 Å². The number of rotatable bonds is 9. The fourth-order valence-corrected chi connectivity index (χ4v) is 3.47. The minimum Gasteiger partial charge on any atom is -0.495 e. The number of aromatic nitrogens is 2. The maximum atomic E-state index is 14.4. The third-order valence-electron chi connectivity index (χ3n) is 4.59. The lowest BCUT2D eigenvalue weighted by Gasteiger charge is -2.15. The standard InChI is InChI=1S/C22H18Cl2F2N4O4/c1-10(21(27)31)13-4-11(25)5-15(26)20(13)30-22-28-7-12(8-29-22)34-9-14-18(23)16(32-2)6-17(33-3)19(14)24/h4-8H,1,9H2,2-3H3,(H2,27,31)(H,28,29,30). The van der Waals surface area contributed by atoms with E-state index < -0.39 is 17.5 Å². The van der Waals surface area contributed by atoms with Gasteiger partial charge in [-0.15, -0.1) is 0 Å². The molecule has 178 valence electrons. The molecule has 0 atom stereocenters. The summed E-state index contributed by atoms with van der Waals surface area (Å²) in [7, 11) is 2.90. The van der Waals surface area contributed by atoms with Crippen LogP contribution in [0.2, 0.25) is 10.0 Å². The lowest BCUT2D eigenvalue weighted by atomic mass is 10.0. The van der Waals surface area contributed by atoms with Crippen molar-refractivity contribution in [1.82, 2.24) is 9.97 Å². The van der Waals surface area contributed by atoms with Gasteiger partial charge in [0.2, 0.25) is 11.9 Å². The number of ether oxygens (including phenoxy) is 3. The largest absolute Gasteiger partial charge is 0.495 e. The van der Waals surface area contributed by atoms with E-state index in [-0.39, 0.29) is 45.2 Å². The molecule has 1 amide bonds. The summed E-state index contributed by atoms with van der Waals surface area (Å²) in [4.78, 5) is 19.5. The van der Waals surface area contributed by atoms with E-state index in [0.717, 1.165) is 6.07 Å². The topological polar surface area (TPSA) is 109 Å². The number of primary amides is 1. The molecule has 8 nitrogen and oxygen atoms in total. The zero-order valence-electron chi connectivity index (χ0n) is 17.9. The van der Waals surface area contributed by atoms with Crippen molar-refractivity contribution >= 4 is 46.3 Å². The monoisotopic (exact) mass is 510 g/mol. The predicted octanol–water partition coefficient (Wildman–Crippen LogP) is 4.90. The van der Waals surface area contributed by atoms with E-state index in [9.17, 15) is 13.6 Å². The molecule has 0 spiro atoms. The van der Waals surface area contributed by atoms with Gasteiger partial charge in [-0.1, -0.05) is 29.8 Å². The number of methoxy groups -OCH3 is 2. The molecular formula is C22H18Cl2F2N4O4. The molecular weight excluding hydrogens is 493 g/mol. The second-order valence-corrected chi connectivity index (χ2v) is 7.45. The van der Waals surface area contributed by atoms with Gasteiger partial charge in [0.15, 0.2) is 5.75 Å². The highest BCUT2D eigenvalue weighted by atomic mass is 35.5. The Morgan fingerprint density at radius 3 is 2.21 bits per heavy atom. The van der Waals surface area contributed by atoms with E-state index >= 15 is 0 Å². The molecule has 0 radical (unpaired) electrons. The van der Waals surface area contributed by atoms with Crippen LogP contribution in [0.15, 0.2) is 37.2 Å². The van der Waals surface area contributed by atoms with E-state index in [2.05, 4.69) is 21.9 Å². The Balaban J connectivity index is 1.81. The van der Waals surface area contributed by atoms with Crippen LogP contribution in [0.4, 0.5) is 20.4 Å². The first-order valence-corrected chi connectivity index (χ1v) is 10.2. The van der Waals surface area contributed by atoms with Crippen molar-refractivity contribution in [1.29, 1.82) is 0 Å². The quantitative estimate of drug-likeness (QED) is 0.394. The van der Waals surface area contributed by atoms with Gasteiger partial charge < -0.3 is 25.3 Å². The van der Waals surface area contributed by atoms with Crippen molar-refractivity contribution in [2.24, 2.45) is 5.73 Å². The number of nitrogens with one attached hydrogen (secondary N) is 1. The van der Waals surface area contributed by atoms with Gasteiger partial charge in [-0.2, -0.15) is 0 Å². The molecule has 0 aliphatic carbocycles. The van der Waals surface area contributed by atoms with Crippen LogP contribution in [0.5, 0.6) is 17.2 Å². The van der Waals surface area contributed by atoms with E-state index in [0.29, 0.717) is 23.1 Å². The van der Waals surface area contributed by atoms with E-state index in [1.165, 1.54) is 26.6 Å². The Bertz CT molecular complexity index is 1230. The van der Waals surface area contributed by atoms with Crippen molar-refractivity contribution in [3.05, 3.63) is 70.0 Å². The van der Waals surface area contributed by atoms with E-state index in [1.54, 1.807) is 6.07 Å². The van der Waals surface area contributed by atoms with Crippen molar-refractivity contribution in [3.8, 4) is 17.2 Å². The molecule has 3 N–H and O–H groups in total. The van der Waals surface area contributed by atoms with Gasteiger partial charge in [-0.3, -0.25) is 4.79 Å². The summed E-state index contributed by atoms with van der Waals surface area (Å²) in [6, 6.07) is 3.10. The molecule has 34 heavy (non-hydrogen) atoms. The molecule has 0 aliphatic rings. The number of halogens is 4. The highest BCUT2D eigenvalue weighted by Crippen LogP contribution is 2.40. The summed E-state index contributed by atoms with van der Waals surface area (Å²) in [6.45, 7) is 3.41. The molecule has 2 aromatic carbocycles. The SMILES string of the molecule is C=C(C(N)=O)c1cc(F)cc(F)c1Nc1ncc(OCc2c(Cl)c(OC)cc(OC)c2Cl)cn1. The van der Waals surface area contributed by atoms with Crippen molar-refractivity contribution in [2.45, 2.75) is 6.61 Å². The average molecular weight is 511 g/mol. The maximum Gasteiger partial charge on any atom is 0.248 e. The van der Waals surface area contributed by atoms with Crippen LogP contribution in [0.3, 0.4) is 0 Å². The number of amides is 1. The fourth-order valence-electron chi connectivity index (χ4n) is 2.86. The zero-order valence-corrected chi connectivity index (χ0v) is 19.4. The second-order valence-electron chi connectivity index (χ2n) is 6.70. The number of nitrogens with zero attached hydrogens (tertiary/aromatic N) is 2. The highest BCUT2D eigenvalue weighted by Gasteiger charge is 2.19. The summed E-state index contributed by atoms with van der Waals surface area (Å²) >= 11 is 12.6. The summed E-state index contributed by atoms with van der Waals surface area (Å²) in [5.41, 5.74) is 4.90. The highest BCUT2D eigenvalue weighted by molar-refractivity contribution is 6.37. The number of nitrogens with two attached hydrogens (primary N) is 1. The van der Waals surface area contributed by atoms with Crippen molar-refractivity contribution < 1.29 is 27.8 Å². The van der Waals surface area contributed by atoms with Gasteiger partial charge >= 0.3 is 0 Å². The Morgan fingerprint density at radius 1 is 1.09 bits per heavy atom. The molecule has 1 aromatic heterocycles. The number of carbonyl (C=O) groups is 1. The third kappa shape index (κ3) is 5.29. The first kappa shape index (κ1) is 25.0. The Kier molecular flexibility index (Phi) is 7.75. The average Bonchev–Trinajstić information content (AvgIpc) is 2.81. The molecule has 1 heterocycles. The summed E-state index contributed by atoms with van der Waals surface area (Å²) in [5, 5.41) is 3.09. The molecule has 3 aromatic rings. The van der Waals surface area contributed by atoms with E-state index in [1.807, 2.05) is 0 Å². The number of hydrogen-bond acceptors (Lipinski definition) is 7. The number of carbonyl (C=O) groups excluding carboxylic acids is 1. The third-order valence-corrected chi connectivity index (χ3v) is 5.42. The van der Waals surface area contributed by atoms with Crippen molar-refractivity contribution in [3.63, 3.8) is 0 Å². The molecule has 12 heteroatoms. The van der Waals surface area contributed by atoms with Gasteiger partial charge in [0.05, 0.1) is 42.3 Å². The van der Waals surface area contributed by atoms with Crippen LogP contribution in [0.25, 0.3) is 5.57 Å². The predicted molar refractivity (Wildman–Crippen MR) is 124 cm³/mol. The number of hydrogen-bond donors (Lipinski definition) is 2. The fraction of sp³-hybridized carbons (Fsp3) is 0.136. The lowest BCUT2D eigenvalue weighted by Crippen LogP contribution is -2.14. The van der Waals surface area contributed by atoms with Crippen LogP contribution in [0.1, 0.15) is 11.1 Å². The van der Waals surface area contributed by atoms with Crippen LogP contribution >= 0.6 is 23.2 Å². The molecule has 3 rings (SSSR count). The zero-order chi connectivity index (χ0) is 25.0. The normalized spacial score (nSPS) is 10.5. The Labute approximate surface area is 203 Å². The minimum absolute atomic E-state index is 0.0590. The molecule has 0 fully saturated rings. The summed E-state index contributed by atoms with van der Waals surface area (Å²) in [6.07, 6.45) is 2.61. The first-order valence-electron chi connectivity index (χ1n) is 9.45. The number of anilines is 2. The first-order chi connectivity index (χ1) is 16.2. The van der Waals surface area contributed by atoms with Gasteiger partial charge in [0.1, 0.15) is 29.7 Å². The lowest BCUT2D eigenvalue weighted by molar-refractivity contribution is -0.112. The maximum absolute atomic E-state index is 14.4. The van der Waals surface area contributed by atoms with Crippen LogP contribution in [0, 0.1) is 11.6 Å². The second kappa shape index (κ2) is 10.5. The Hall–Kier alpha value is -3.63. The van der Waals surface area contributed by atoms with E-state index in [4.69, 9.17) is 43.1 Å². The van der Waals surface area contributed by atoms with Gasteiger partial charge in [0.25, 0.3) is 0 Å². The van der Waals surface area contributed by atoms with Crippen LogP contribution in [-0.2, 0) is 11.4 Å². The van der Waals surface area contributed by atoms with Crippen LogP contribution < -0.4 is 25.3 Å². The summed E-state index contributed by atoms with van der Waals surface area (Å²) < 4.78 is 44.1. The van der Waals surface area contributed by atoms with Crippen molar-refractivity contribution in [2.75, 3.05) is 19.5 Å². The molecule has 0 unspecified atom stereocenters. The summed E-state index contributed by atoms with van der Waals surface area (Å²) in [5.74, 6) is -1.95.